The summed E-state index contributed by atoms with van der Waals surface area (Å²) >= 11 is 8.55. The minimum absolute atomic E-state index is 0.0440. The molecule has 1 aliphatic carbocycles. The van der Waals surface area contributed by atoms with E-state index in [0.29, 0.717) is 37.7 Å². The van der Waals surface area contributed by atoms with Crippen molar-refractivity contribution in [2.75, 3.05) is 33.4 Å². The van der Waals surface area contributed by atoms with Gasteiger partial charge in [-0.1, -0.05) is 41.9 Å². The van der Waals surface area contributed by atoms with Gasteiger partial charge in [-0.05, 0) is 61.6 Å². The molecule has 2 aliphatic rings. The number of hydrogen-bond donors (Lipinski definition) is 2. The van der Waals surface area contributed by atoms with Crippen molar-refractivity contribution < 1.29 is 19.4 Å². The molecule has 4 atom stereocenters. The summed E-state index contributed by atoms with van der Waals surface area (Å²) in [5, 5.41) is 16.4. The van der Waals surface area contributed by atoms with Crippen molar-refractivity contribution in [2.45, 2.75) is 56.3 Å². The summed E-state index contributed by atoms with van der Waals surface area (Å²) in [5.74, 6) is 0.0839. The van der Waals surface area contributed by atoms with E-state index in [0.717, 1.165) is 58.9 Å². The van der Waals surface area contributed by atoms with E-state index in [1.165, 1.54) is 0 Å². The van der Waals surface area contributed by atoms with Gasteiger partial charge in [0, 0.05) is 58.5 Å². The number of aliphatic hydroxyl groups is 1. The maximum absolute atomic E-state index is 13.4. The summed E-state index contributed by atoms with van der Waals surface area (Å²) in [6.45, 7) is 1.86. The second-order valence-corrected chi connectivity index (χ2v) is 11.9. The molecule has 0 radical (unpaired) electrons. The van der Waals surface area contributed by atoms with Crippen LogP contribution in [0.15, 0.2) is 47.8 Å². The van der Waals surface area contributed by atoms with E-state index in [2.05, 4.69) is 17.5 Å². The Kier molecular flexibility index (Phi) is 8.72. The van der Waals surface area contributed by atoms with E-state index in [1.807, 2.05) is 35.2 Å². The molecule has 1 saturated heterocycles. The Labute approximate surface area is 233 Å². The maximum atomic E-state index is 13.4. The maximum Gasteiger partial charge on any atom is 0.225 e. The molecule has 1 aliphatic heterocycles. The van der Waals surface area contributed by atoms with Gasteiger partial charge in [0.1, 0.15) is 11.7 Å². The van der Waals surface area contributed by atoms with Crippen LogP contribution in [0.3, 0.4) is 0 Å². The quantitative estimate of drug-likeness (QED) is 0.336. The van der Waals surface area contributed by atoms with Crippen molar-refractivity contribution in [1.82, 2.24) is 4.90 Å². The van der Waals surface area contributed by atoms with Crippen LogP contribution in [0.1, 0.15) is 44.1 Å². The molecule has 1 aromatic heterocycles. The number of nitrogens with zero attached hydrogens (tertiary/aromatic N) is 1. The Morgan fingerprint density at radius 3 is 2.87 bits per heavy atom. The fourth-order valence-corrected chi connectivity index (χ4v) is 7.31. The highest BCUT2D eigenvalue weighted by Crippen LogP contribution is 2.46. The SMILES string of the molecule is COCCCC[C@@](O)(c1cccc(Cl)c1-c1csc2ccccc12)[C@H]1CN(C(=O)[C@@H]2CC[C@H](N)C2)CCO1. The standard InChI is InChI=1S/C30H37ClN2O4S/c1-36-15-5-4-13-30(35,27-18-33(14-16-37-27)29(34)20-11-12-21(32)17-20)24-8-6-9-25(31)28(24)23-19-38-26-10-3-2-7-22(23)26/h2-3,6-10,19-21,27,35H,4-5,11-18,32H2,1H3/t20-,21+,27-,30-/m1/s1. The van der Waals surface area contributed by atoms with E-state index in [1.54, 1.807) is 18.4 Å². The smallest absolute Gasteiger partial charge is 0.225 e. The molecule has 38 heavy (non-hydrogen) atoms. The summed E-state index contributed by atoms with van der Waals surface area (Å²) in [6, 6.07) is 14.1. The molecule has 2 fully saturated rings. The van der Waals surface area contributed by atoms with Gasteiger partial charge >= 0.3 is 0 Å². The summed E-state index contributed by atoms with van der Waals surface area (Å²) in [6.07, 6.45) is 3.87. The Hall–Kier alpha value is -2.00. The molecular formula is C30H37ClN2O4S. The molecule has 1 saturated carbocycles. The van der Waals surface area contributed by atoms with Gasteiger partial charge in [0.05, 0.1) is 13.2 Å². The fourth-order valence-electron chi connectivity index (χ4n) is 6.08. The highest BCUT2D eigenvalue weighted by molar-refractivity contribution is 7.17. The Bertz CT molecular complexity index is 1270. The van der Waals surface area contributed by atoms with Crippen LogP contribution in [0, 0.1) is 5.92 Å². The highest BCUT2D eigenvalue weighted by Gasteiger charge is 2.45. The van der Waals surface area contributed by atoms with Crippen LogP contribution in [0.25, 0.3) is 21.2 Å². The molecule has 6 nitrogen and oxygen atoms in total. The third-order valence-electron chi connectivity index (χ3n) is 8.12. The number of nitrogens with two attached hydrogens (primary N) is 1. The molecular weight excluding hydrogens is 520 g/mol. The molecule has 3 aromatic rings. The topological polar surface area (TPSA) is 85.0 Å². The number of thiophene rings is 1. The van der Waals surface area contributed by atoms with Gasteiger partial charge in [0.15, 0.2) is 0 Å². The van der Waals surface area contributed by atoms with Gasteiger partial charge in [0.2, 0.25) is 5.91 Å². The van der Waals surface area contributed by atoms with Gasteiger partial charge in [0.25, 0.3) is 0 Å². The first kappa shape index (κ1) is 27.6. The molecule has 1 amide bonds. The number of morpholine rings is 1. The molecule has 0 unspecified atom stereocenters. The molecule has 2 aromatic carbocycles. The normalized spacial score (nSPS) is 23.6. The average Bonchev–Trinajstić information content (AvgIpc) is 3.57. The number of hydrogen-bond acceptors (Lipinski definition) is 6. The number of rotatable bonds is 9. The minimum Gasteiger partial charge on any atom is -0.385 e. The molecule has 0 spiro atoms. The largest absolute Gasteiger partial charge is 0.385 e. The predicted octanol–water partition coefficient (Wildman–Crippen LogP) is 5.58. The first-order valence-corrected chi connectivity index (χ1v) is 14.8. The van der Waals surface area contributed by atoms with Crippen LogP contribution in [-0.2, 0) is 19.9 Å². The fraction of sp³-hybridized carbons (Fsp3) is 0.500. The molecule has 5 rings (SSSR count). The number of fused-ring (bicyclic) bond motifs is 1. The lowest BCUT2D eigenvalue weighted by molar-refractivity contribution is -0.167. The number of amides is 1. The molecule has 8 heteroatoms. The summed E-state index contributed by atoms with van der Waals surface area (Å²) in [4.78, 5) is 15.3. The Morgan fingerprint density at radius 2 is 2.08 bits per heavy atom. The van der Waals surface area contributed by atoms with Crippen LogP contribution < -0.4 is 5.73 Å². The van der Waals surface area contributed by atoms with E-state index in [-0.39, 0.29) is 17.9 Å². The van der Waals surface area contributed by atoms with Crippen LogP contribution in [0.4, 0.5) is 0 Å². The Balaban J connectivity index is 1.52. The first-order valence-electron chi connectivity index (χ1n) is 13.5. The third-order valence-corrected chi connectivity index (χ3v) is 9.40. The number of ether oxygens (including phenoxy) is 2. The van der Waals surface area contributed by atoms with Crippen molar-refractivity contribution in [1.29, 1.82) is 0 Å². The van der Waals surface area contributed by atoms with Crippen molar-refractivity contribution in [3.05, 3.63) is 58.4 Å². The summed E-state index contributed by atoms with van der Waals surface area (Å²) < 4.78 is 12.7. The van der Waals surface area contributed by atoms with Crippen molar-refractivity contribution in [3.63, 3.8) is 0 Å². The van der Waals surface area contributed by atoms with Crippen LogP contribution in [-0.4, -0.2) is 61.5 Å². The number of methoxy groups -OCH3 is 1. The van der Waals surface area contributed by atoms with Gasteiger partial charge in [-0.25, -0.2) is 0 Å². The van der Waals surface area contributed by atoms with Crippen LogP contribution in [0.2, 0.25) is 5.02 Å². The first-order chi connectivity index (χ1) is 18.4. The average molecular weight is 557 g/mol. The number of unbranched alkanes of at least 4 members (excludes halogenated alkanes) is 1. The molecule has 0 bridgehead atoms. The van der Waals surface area contributed by atoms with E-state index >= 15 is 0 Å². The zero-order valence-electron chi connectivity index (χ0n) is 21.9. The monoisotopic (exact) mass is 556 g/mol. The van der Waals surface area contributed by atoms with Gasteiger partial charge in [-0.15, -0.1) is 11.3 Å². The third kappa shape index (κ3) is 5.51. The predicted molar refractivity (Wildman–Crippen MR) is 154 cm³/mol. The second kappa shape index (κ2) is 12.0. The van der Waals surface area contributed by atoms with Gasteiger partial charge < -0.3 is 25.2 Å². The zero-order chi connectivity index (χ0) is 26.7. The lowest BCUT2D eigenvalue weighted by Crippen LogP contribution is -2.55. The summed E-state index contributed by atoms with van der Waals surface area (Å²) in [5.41, 5.74) is 7.34. The second-order valence-electron chi connectivity index (χ2n) is 10.6. The molecule has 204 valence electrons. The summed E-state index contributed by atoms with van der Waals surface area (Å²) in [7, 11) is 1.69. The number of carbonyl (C=O) groups is 1. The van der Waals surface area contributed by atoms with Crippen molar-refractivity contribution in [2.24, 2.45) is 11.7 Å². The lowest BCUT2D eigenvalue weighted by atomic mass is 9.79. The van der Waals surface area contributed by atoms with Gasteiger partial charge in [-0.3, -0.25) is 4.79 Å². The Morgan fingerprint density at radius 1 is 1.24 bits per heavy atom. The molecule has 3 N–H and O–H groups in total. The van der Waals surface area contributed by atoms with Crippen LogP contribution >= 0.6 is 22.9 Å². The van der Waals surface area contributed by atoms with Gasteiger partial charge in [-0.2, -0.15) is 0 Å². The van der Waals surface area contributed by atoms with Crippen molar-refractivity contribution >= 4 is 38.9 Å². The molecule has 2 heterocycles. The minimum atomic E-state index is -1.35. The number of carbonyl (C=O) groups excluding carboxylic acids is 1. The number of halogens is 1. The van der Waals surface area contributed by atoms with E-state index in [4.69, 9.17) is 26.8 Å². The van der Waals surface area contributed by atoms with E-state index in [9.17, 15) is 9.90 Å². The van der Waals surface area contributed by atoms with E-state index < -0.39 is 11.7 Å². The lowest BCUT2D eigenvalue weighted by Gasteiger charge is -2.44. The van der Waals surface area contributed by atoms with Crippen LogP contribution in [0.5, 0.6) is 0 Å². The van der Waals surface area contributed by atoms with Crippen molar-refractivity contribution in [3.8, 4) is 11.1 Å². The highest BCUT2D eigenvalue weighted by atomic mass is 35.5. The number of benzene rings is 2. The zero-order valence-corrected chi connectivity index (χ0v) is 23.5.